The van der Waals surface area contributed by atoms with Gasteiger partial charge in [-0.3, -0.25) is 4.79 Å². The molecule has 29 heavy (non-hydrogen) atoms. The van der Waals surface area contributed by atoms with E-state index in [0.717, 1.165) is 25.2 Å². The first-order valence-electron chi connectivity index (χ1n) is 9.33. The Balaban J connectivity index is 1.71. The number of amides is 1. The number of benzene rings is 1. The second-order valence-electron chi connectivity index (χ2n) is 6.62. The molecule has 0 radical (unpaired) electrons. The van der Waals surface area contributed by atoms with E-state index in [0.29, 0.717) is 35.4 Å². The van der Waals surface area contributed by atoms with Crippen LogP contribution in [-0.4, -0.2) is 57.6 Å². The molecule has 0 saturated carbocycles. The molecule has 2 heterocycles. The summed E-state index contributed by atoms with van der Waals surface area (Å²) < 4.78 is 21.1. The first-order valence-corrected chi connectivity index (χ1v) is 9.33. The van der Waals surface area contributed by atoms with Crippen LogP contribution < -0.4 is 29.2 Å². The summed E-state index contributed by atoms with van der Waals surface area (Å²) in [6.07, 6.45) is 1.69. The van der Waals surface area contributed by atoms with Crippen LogP contribution in [0.2, 0.25) is 0 Å². The summed E-state index contributed by atoms with van der Waals surface area (Å²) in [5.74, 6) is 2.41. The number of hydrogen-bond acceptors (Lipinski definition) is 8. The molecule has 3 rings (SSSR count). The Morgan fingerprint density at radius 2 is 1.76 bits per heavy atom. The van der Waals surface area contributed by atoms with Crippen molar-refractivity contribution in [2.45, 2.75) is 12.8 Å². The lowest BCUT2D eigenvalue weighted by Crippen LogP contribution is -2.41. The van der Waals surface area contributed by atoms with Gasteiger partial charge in [0.05, 0.1) is 34.4 Å². The van der Waals surface area contributed by atoms with Crippen molar-refractivity contribution in [2.24, 2.45) is 5.92 Å². The van der Waals surface area contributed by atoms with E-state index in [1.807, 2.05) is 6.07 Å². The van der Waals surface area contributed by atoms with Crippen LogP contribution in [0, 0.1) is 5.92 Å². The Morgan fingerprint density at radius 1 is 1.03 bits per heavy atom. The highest BCUT2D eigenvalue weighted by Gasteiger charge is 2.27. The highest BCUT2D eigenvalue weighted by Crippen LogP contribution is 2.40. The minimum absolute atomic E-state index is 0.0644. The van der Waals surface area contributed by atoms with Crippen molar-refractivity contribution < 1.29 is 23.7 Å². The first-order chi connectivity index (χ1) is 14.1. The van der Waals surface area contributed by atoms with Crippen molar-refractivity contribution in [3.05, 3.63) is 24.3 Å². The fraction of sp³-hybridized carbons (Fsp3) is 0.450. The van der Waals surface area contributed by atoms with Crippen LogP contribution in [0.15, 0.2) is 24.3 Å². The maximum atomic E-state index is 12.9. The van der Waals surface area contributed by atoms with E-state index in [1.165, 1.54) is 21.3 Å². The number of piperidine rings is 1. The van der Waals surface area contributed by atoms with E-state index in [9.17, 15) is 4.79 Å². The van der Waals surface area contributed by atoms with Gasteiger partial charge in [0.1, 0.15) is 0 Å². The van der Waals surface area contributed by atoms with Gasteiger partial charge in [0, 0.05) is 37.0 Å². The number of hydrogen-bond donors (Lipinski definition) is 1. The molecule has 9 nitrogen and oxygen atoms in total. The van der Waals surface area contributed by atoms with Crippen molar-refractivity contribution in [1.29, 1.82) is 0 Å². The molecule has 0 aliphatic carbocycles. The zero-order valence-corrected chi connectivity index (χ0v) is 17.1. The standard InChI is InChI=1S/C20H26N4O5/c1-26-15-10-14(11-16(27-2)19(15)29-4)21-20(25)13-6-5-9-24(12-13)17-7-8-18(28-3)23-22-17/h7-8,10-11,13H,5-6,9,12H2,1-4H3,(H,21,25)/t13-/m1/s1. The Labute approximate surface area is 169 Å². The lowest BCUT2D eigenvalue weighted by molar-refractivity contribution is -0.120. The Hall–Kier alpha value is -3.23. The minimum Gasteiger partial charge on any atom is -0.493 e. The predicted molar refractivity (Wildman–Crippen MR) is 108 cm³/mol. The Morgan fingerprint density at radius 3 is 2.31 bits per heavy atom. The van der Waals surface area contributed by atoms with Gasteiger partial charge in [-0.05, 0) is 18.9 Å². The molecule has 2 aromatic rings. The third kappa shape index (κ3) is 4.61. The van der Waals surface area contributed by atoms with Crippen molar-refractivity contribution >= 4 is 17.4 Å². The molecular weight excluding hydrogens is 376 g/mol. The van der Waals surface area contributed by atoms with Crippen LogP contribution in [0.3, 0.4) is 0 Å². The molecule has 1 N–H and O–H groups in total. The number of carbonyl (C=O) groups is 1. The molecular formula is C20H26N4O5. The van der Waals surface area contributed by atoms with Gasteiger partial charge in [-0.25, -0.2) is 0 Å². The maximum Gasteiger partial charge on any atom is 0.233 e. The van der Waals surface area contributed by atoms with Crippen LogP contribution in [0.25, 0.3) is 0 Å². The van der Waals surface area contributed by atoms with Crippen molar-refractivity contribution in [2.75, 3.05) is 51.7 Å². The van der Waals surface area contributed by atoms with Crippen molar-refractivity contribution in [3.63, 3.8) is 0 Å². The zero-order valence-electron chi connectivity index (χ0n) is 17.1. The fourth-order valence-electron chi connectivity index (χ4n) is 3.39. The van der Waals surface area contributed by atoms with Gasteiger partial charge in [0.2, 0.25) is 17.5 Å². The molecule has 1 aliphatic rings. The number of aromatic nitrogens is 2. The van der Waals surface area contributed by atoms with E-state index in [-0.39, 0.29) is 11.8 Å². The molecule has 1 fully saturated rings. The number of carbonyl (C=O) groups excluding carboxylic acids is 1. The highest BCUT2D eigenvalue weighted by atomic mass is 16.5. The average molecular weight is 402 g/mol. The molecule has 1 saturated heterocycles. The van der Waals surface area contributed by atoms with Crippen molar-refractivity contribution in [1.82, 2.24) is 10.2 Å². The molecule has 0 bridgehead atoms. The number of rotatable bonds is 7. The number of ether oxygens (including phenoxy) is 4. The monoisotopic (exact) mass is 402 g/mol. The molecule has 1 amide bonds. The molecule has 0 spiro atoms. The van der Waals surface area contributed by atoms with E-state index < -0.39 is 0 Å². The summed E-state index contributed by atoms with van der Waals surface area (Å²) in [5.41, 5.74) is 0.589. The van der Waals surface area contributed by atoms with E-state index >= 15 is 0 Å². The number of nitrogens with zero attached hydrogens (tertiary/aromatic N) is 3. The van der Waals surface area contributed by atoms with Crippen LogP contribution in [0.1, 0.15) is 12.8 Å². The average Bonchev–Trinajstić information content (AvgIpc) is 2.78. The summed E-state index contributed by atoms with van der Waals surface area (Å²) in [6.45, 7) is 1.40. The first kappa shape index (κ1) is 20.5. The number of methoxy groups -OCH3 is 4. The summed E-state index contributed by atoms with van der Waals surface area (Å²) in [5, 5.41) is 11.2. The molecule has 1 aliphatic heterocycles. The quantitative estimate of drug-likeness (QED) is 0.754. The van der Waals surface area contributed by atoms with Gasteiger partial charge in [-0.15, -0.1) is 10.2 Å². The van der Waals surface area contributed by atoms with E-state index in [1.54, 1.807) is 25.3 Å². The van der Waals surface area contributed by atoms with Crippen LogP contribution in [-0.2, 0) is 4.79 Å². The Kier molecular flexibility index (Phi) is 6.58. The summed E-state index contributed by atoms with van der Waals surface area (Å²) in [4.78, 5) is 15.0. The van der Waals surface area contributed by atoms with Crippen molar-refractivity contribution in [3.8, 4) is 23.1 Å². The van der Waals surface area contributed by atoms with Gasteiger partial charge in [0.15, 0.2) is 17.3 Å². The third-order valence-corrected chi connectivity index (χ3v) is 4.88. The Bertz CT molecular complexity index is 818. The maximum absolute atomic E-state index is 12.9. The molecule has 1 atom stereocenters. The van der Waals surface area contributed by atoms with E-state index in [2.05, 4.69) is 20.4 Å². The highest BCUT2D eigenvalue weighted by molar-refractivity contribution is 5.93. The summed E-state index contributed by atoms with van der Waals surface area (Å²) >= 11 is 0. The smallest absolute Gasteiger partial charge is 0.233 e. The molecule has 156 valence electrons. The van der Waals surface area contributed by atoms with Gasteiger partial charge < -0.3 is 29.2 Å². The second kappa shape index (κ2) is 9.31. The third-order valence-electron chi connectivity index (χ3n) is 4.88. The van der Waals surface area contributed by atoms with E-state index in [4.69, 9.17) is 18.9 Å². The number of nitrogens with one attached hydrogen (secondary N) is 1. The van der Waals surface area contributed by atoms with Crippen LogP contribution >= 0.6 is 0 Å². The predicted octanol–water partition coefficient (Wildman–Crippen LogP) is 2.37. The minimum atomic E-state index is -0.174. The second-order valence-corrected chi connectivity index (χ2v) is 6.62. The molecule has 0 unspecified atom stereocenters. The summed E-state index contributed by atoms with van der Waals surface area (Å²) in [7, 11) is 6.17. The fourth-order valence-corrected chi connectivity index (χ4v) is 3.39. The molecule has 9 heteroatoms. The van der Waals surface area contributed by atoms with Gasteiger partial charge in [0.25, 0.3) is 0 Å². The van der Waals surface area contributed by atoms with Gasteiger partial charge >= 0.3 is 0 Å². The number of anilines is 2. The zero-order chi connectivity index (χ0) is 20.8. The normalized spacial score (nSPS) is 16.1. The topological polar surface area (TPSA) is 95.0 Å². The SMILES string of the molecule is COc1ccc(N2CCC[C@@H](C(=O)Nc3cc(OC)c(OC)c(OC)c3)C2)nn1. The van der Waals surface area contributed by atoms with Gasteiger partial charge in [-0.2, -0.15) is 0 Å². The van der Waals surface area contributed by atoms with Crippen LogP contribution in [0.5, 0.6) is 23.1 Å². The van der Waals surface area contributed by atoms with Crippen LogP contribution in [0.4, 0.5) is 11.5 Å². The lowest BCUT2D eigenvalue weighted by Gasteiger charge is -2.32. The van der Waals surface area contributed by atoms with Gasteiger partial charge in [-0.1, -0.05) is 0 Å². The molecule has 1 aromatic heterocycles. The lowest BCUT2D eigenvalue weighted by atomic mass is 9.97. The largest absolute Gasteiger partial charge is 0.493 e. The molecule has 1 aromatic carbocycles. The summed E-state index contributed by atoms with van der Waals surface area (Å²) in [6, 6.07) is 7.05.